The van der Waals surface area contributed by atoms with Gasteiger partial charge in [0.2, 0.25) is 0 Å². The Bertz CT molecular complexity index is 1340. The first-order chi connectivity index (χ1) is 16.6. The number of rotatable bonds is 9. The molecule has 4 rings (SSSR count). The summed E-state index contributed by atoms with van der Waals surface area (Å²) in [6, 6.07) is 20.5. The van der Waals surface area contributed by atoms with Gasteiger partial charge in [0, 0.05) is 29.6 Å². The van der Waals surface area contributed by atoms with E-state index in [4.69, 9.17) is 37.4 Å². The van der Waals surface area contributed by atoms with E-state index >= 15 is 0 Å². The van der Waals surface area contributed by atoms with E-state index in [1.54, 1.807) is 37.4 Å². The molecule has 4 aromatic rings. The summed E-state index contributed by atoms with van der Waals surface area (Å²) in [6.07, 6.45) is 2.22. The highest BCUT2D eigenvalue weighted by Crippen LogP contribution is 2.39. The minimum atomic E-state index is 0.367. The topological polar surface area (TPSA) is 76.4 Å². The third kappa shape index (κ3) is 5.28. The molecule has 1 heterocycles. The molecule has 1 aromatic heterocycles. The number of methoxy groups -OCH3 is 1. The molecule has 0 fully saturated rings. The number of nitriles is 1. The number of halogens is 2. The molecular weight excluding hydrogens is 473 g/mol. The lowest BCUT2D eigenvalue weighted by molar-refractivity contribution is 0.295. The molecule has 0 aliphatic heterocycles. The molecule has 0 unspecified atom stereocenters. The van der Waals surface area contributed by atoms with E-state index in [1.807, 2.05) is 30.3 Å². The summed E-state index contributed by atoms with van der Waals surface area (Å²) in [4.78, 5) is 4.42. The van der Waals surface area contributed by atoms with Gasteiger partial charge in [0.05, 0.1) is 41.2 Å². The number of alkyl halides is 1. The van der Waals surface area contributed by atoms with E-state index in [9.17, 15) is 5.26 Å². The highest BCUT2D eigenvalue weighted by atomic mass is 35.5. The van der Waals surface area contributed by atoms with Crippen molar-refractivity contribution >= 4 is 45.5 Å². The van der Waals surface area contributed by atoms with Gasteiger partial charge in [0.1, 0.15) is 17.6 Å². The van der Waals surface area contributed by atoms with E-state index in [-0.39, 0.29) is 0 Å². The zero-order chi connectivity index (χ0) is 23.9. The smallest absolute Gasteiger partial charge is 0.163 e. The fourth-order valence-electron chi connectivity index (χ4n) is 3.35. The molecule has 0 amide bonds. The number of benzene rings is 3. The van der Waals surface area contributed by atoms with Gasteiger partial charge in [-0.25, -0.2) is 0 Å². The van der Waals surface area contributed by atoms with Crippen molar-refractivity contribution in [2.75, 3.05) is 24.9 Å². The van der Waals surface area contributed by atoms with E-state index in [2.05, 4.69) is 16.4 Å². The Morgan fingerprint density at radius 2 is 1.85 bits per heavy atom. The molecule has 172 valence electrons. The van der Waals surface area contributed by atoms with Crippen LogP contribution in [0.1, 0.15) is 12.0 Å². The number of aromatic nitrogens is 1. The number of hydrogen-bond donors (Lipinski definition) is 1. The SMILES string of the molecule is COc1cc2c(Nc3ccc(Oc4ccccc4)cc3Cl)c(C#N)cnc2cc1OCCCCl. The van der Waals surface area contributed by atoms with Gasteiger partial charge in [-0.3, -0.25) is 4.98 Å². The molecule has 8 heteroatoms. The molecule has 6 nitrogen and oxygen atoms in total. The van der Waals surface area contributed by atoms with Gasteiger partial charge in [0.15, 0.2) is 11.5 Å². The zero-order valence-electron chi connectivity index (χ0n) is 18.3. The van der Waals surface area contributed by atoms with Crippen molar-refractivity contribution in [3.63, 3.8) is 0 Å². The minimum Gasteiger partial charge on any atom is -0.493 e. The molecule has 3 aromatic carbocycles. The Morgan fingerprint density at radius 3 is 2.56 bits per heavy atom. The Balaban J connectivity index is 1.68. The monoisotopic (exact) mass is 493 g/mol. The van der Waals surface area contributed by atoms with Gasteiger partial charge < -0.3 is 19.5 Å². The van der Waals surface area contributed by atoms with Gasteiger partial charge >= 0.3 is 0 Å². The van der Waals surface area contributed by atoms with Crippen molar-refractivity contribution in [1.82, 2.24) is 4.98 Å². The Morgan fingerprint density at radius 1 is 1.03 bits per heavy atom. The summed E-state index contributed by atoms with van der Waals surface area (Å²) in [5.74, 6) is 2.90. The van der Waals surface area contributed by atoms with Crippen LogP contribution in [-0.4, -0.2) is 24.6 Å². The Labute approximate surface area is 207 Å². The van der Waals surface area contributed by atoms with Gasteiger partial charge in [-0.2, -0.15) is 5.26 Å². The van der Waals surface area contributed by atoms with Crippen LogP contribution in [0, 0.1) is 11.3 Å². The van der Waals surface area contributed by atoms with E-state index in [0.717, 1.165) is 0 Å². The van der Waals surface area contributed by atoms with Crippen molar-refractivity contribution in [2.45, 2.75) is 6.42 Å². The number of nitrogens with zero attached hydrogens (tertiary/aromatic N) is 2. The first-order valence-corrected chi connectivity index (χ1v) is 11.4. The maximum atomic E-state index is 9.71. The van der Waals surface area contributed by atoms with E-state index < -0.39 is 0 Å². The lowest BCUT2D eigenvalue weighted by atomic mass is 10.1. The highest BCUT2D eigenvalue weighted by molar-refractivity contribution is 6.33. The summed E-state index contributed by atoms with van der Waals surface area (Å²) >= 11 is 12.3. The number of para-hydroxylation sites is 1. The summed E-state index contributed by atoms with van der Waals surface area (Å²) in [5, 5.41) is 14.1. The second-order valence-electron chi connectivity index (χ2n) is 7.25. The predicted molar refractivity (Wildman–Crippen MR) is 135 cm³/mol. The average Bonchev–Trinajstić information content (AvgIpc) is 2.86. The number of anilines is 2. The molecule has 0 atom stereocenters. The molecule has 0 saturated carbocycles. The standard InChI is InChI=1S/C26H21Cl2N3O3/c1-32-24-13-20-23(14-25(24)33-11-5-10-27)30-16-17(15-29)26(20)31-22-9-8-19(12-21(22)28)34-18-6-3-2-4-7-18/h2-4,6-9,12-14,16H,5,10-11H2,1H3,(H,30,31). The molecule has 0 saturated heterocycles. The van der Waals surface area contributed by atoms with Gasteiger partial charge in [-0.1, -0.05) is 29.8 Å². The third-order valence-electron chi connectivity index (χ3n) is 4.99. The van der Waals surface area contributed by atoms with Crippen LogP contribution in [0.2, 0.25) is 5.02 Å². The van der Waals surface area contributed by atoms with Crippen LogP contribution in [0.25, 0.3) is 10.9 Å². The second kappa shape index (κ2) is 11.0. The molecule has 1 N–H and O–H groups in total. The quantitative estimate of drug-likeness (QED) is 0.194. The van der Waals surface area contributed by atoms with E-state index in [1.165, 1.54) is 6.20 Å². The summed E-state index contributed by atoms with van der Waals surface area (Å²) in [6.45, 7) is 0.458. The fourth-order valence-corrected chi connectivity index (χ4v) is 3.68. The summed E-state index contributed by atoms with van der Waals surface area (Å²) < 4.78 is 17.2. The summed E-state index contributed by atoms with van der Waals surface area (Å²) in [7, 11) is 1.56. The van der Waals surface area contributed by atoms with Crippen LogP contribution < -0.4 is 19.5 Å². The lowest BCUT2D eigenvalue weighted by Gasteiger charge is -2.16. The van der Waals surface area contributed by atoms with Crippen LogP contribution in [-0.2, 0) is 0 Å². The van der Waals surface area contributed by atoms with Crippen molar-refractivity contribution in [3.8, 4) is 29.1 Å². The lowest BCUT2D eigenvalue weighted by Crippen LogP contribution is -2.02. The van der Waals surface area contributed by atoms with Crippen LogP contribution in [0.4, 0.5) is 11.4 Å². The number of ether oxygens (including phenoxy) is 3. The van der Waals surface area contributed by atoms with Crippen LogP contribution >= 0.6 is 23.2 Å². The zero-order valence-corrected chi connectivity index (χ0v) is 19.9. The van der Waals surface area contributed by atoms with Crippen molar-refractivity contribution in [1.29, 1.82) is 5.26 Å². The van der Waals surface area contributed by atoms with Crippen LogP contribution in [0.5, 0.6) is 23.0 Å². The number of pyridine rings is 1. The normalized spacial score (nSPS) is 10.5. The average molecular weight is 494 g/mol. The highest BCUT2D eigenvalue weighted by Gasteiger charge is 2.16. The molecule has 0 bridgehead atoms. The third-order valence-corrected chi connectivity index (χ3v) is 5.57. The molecule has 0 radical (unpaired) electrons. The Kier molecular flexibility index (Phi) is 7.58. The van der Waals surface area contributed by atoms with E-state index in [0.29, 0.717) is 74.8 Å². The molecule has 0 aliphatic rings. The maximum absolute atomic E-state index is 9.71. The molecule has 0 spiro atoms. The summed E-state index contributed by atoms with van der Waals surface area (Å²) in [5.41, 5.74) is 2.19. The number of hydrogen-bond acceptors (Lipinski definition) is 6. The number of nitrogens with one attached hydrogen (secondary N) is 1. The van der Waals surface area contributed by atoms with Gasteiger partial charge in [0.25, 0.3) is 0 Å². The van der Waals surface area contributed by atoms with Gasteiger partial charge in [-0.05, 0) is 36.8 Å². The second-order valence-corrected chi connectivity index (χ2v) is 8.04. The molecule has 0 aliphatic carbocycles. The maximum Gasteiger partial charge on any atom is 0.163 e. The van der Waals surface area contributed by atoms with Crippen LogP contribution in [0.3, 0.4) is 0 Å². The van der Waals surface area contributed by atoms with Gasteiger partial charge in [-0.15, -0.1) is 11.6 Å². The number of fused-ring (bicyclic) bond motifs is 1. The first-order valence-electron chi connectivity index (χ1n) is 10.5. The van der Waals surface area contributed by atoms with Crippen LogP contribution in [0.15, 0.2) is 66.9 Å². The molecular formula is C26H21Cl2N3O3. The minimum absolute atomic E-state index is 0.367. The fraction of sp³-hybridized carbons (Fsp3) is 0.154. The Hall–Kier alpha value is -3.66. The van der Waals surface area contributed by atoms with Crippen molar-refractivity contribution < 1.29 is 14.2 Å². The van der Waals surface area contributed by atoms with Crippen molar-refractivity contribution in [2.24, 2.45) is 0 Å². The largest absolute Gasteiger partial charge is 0.493 e. The predicted octanol–water partition coefficient (Wildman–Crippen LogP) is 7.31. The first kappa shape index (κ1) is 23.5. The molecule has 34 heavy (non-hydrogen) atoms. The van der Waals surface area contributed by atoms with Crippen molar-refractivity contribution in [3.05, 3.63) is 77.4 Å².